The van der Waals surface area contributed by atoms with Gasteiger partial charge in [0.25, 0.3) is 0 Å². The fourth-order valence-electron chi connectivity index (χ4n) is 6.99. The van der Waals surface area contributed by atoms with Crippen molar-refractivity contribution >= 4 is 11.7 Å². The summed E-state index contributed by atoms with van der Waals surface area (Å²) < 4.78 is 0. The molecule has 1 heterocycles. The fourth-order valence-corrected chi connectivity index (χ4v) is 6.99. The molecular formula is C19H25N3O3. The highest BCUT2D eigenvalue weighted by atomic mass is 16.3. The Hall–Kier alpha value is -1.45. The number of ketones is 1. The van der Waals surface area contributed by atoms with E-state index in [-0.39, 0.29) is 17.7 Å². The molecule has 134 valence electrons. The first-order valence-electron chi connectivity index (χ1n) is 9.58. The monoisotopic (exact) mass is 343 g/mol. The second-order valence-corrected chi connectivity index (χ2v) is 9.50. The average molecular weight is 343 g/mol. The van der Waals surface area contributed by atoms with Crippen molar-refractivity contribution in [2.75, 3.05) is 0 Å². The van der Waals surface area contributed by atoms with Crippen molar-refractivity contribution in [2.24, 2.45) is 28.9 Å². The first-order valence-corrected chi connectivity index (χ1v) is 9.58. The molecule has 6 atom stereocenters. The Balaban J connectivity index is 1.39. The van der Waals surface area contributed by atoms with Crippen LogP contribution in [0, 0.1) is 34.5 Å². The number of hydrogen-bond acceptors (Lipinski definition) is 5. The molecule has 0 radical (unpaired) electrons. The van der Waals surface area contributed by atoms with Gasteiger partial charge in [0, 0.05) is 11.5 Å². The van der Waals surface area contributed by atoms with Gasteiger partial charge in [-0.25, -0.2) is 0 Å². The standard InChI is InChI=1S/C19H25N3O3/c20-8-13-2-12-3-14(12)22(13)17(24)15(21)16(23)18-4-10-1-11(5-18)7-19(25,6-10)9-18/h10-15,25H,1-7,9,21H2/t10?,11?,12-,13+,14+,15+,18?,19?/m1/s1. The Bertz CT molecular complexity index is 685. The number of rotatable bonds is 3. The molecule has 6 fully saturated rings. The van der Waals surface area contributed by atoms with Gasteiger partial charge < -0.3 is 15.7 Å². The highest BCUT2D eigenvalue weighted by Gasteiger charge is 2.62. The fraction of sp³-hybridized carbons (Fsp3) is 0.842. The quantitative estimate of drug-likeness (QED) is 0.735. The maximum Gasteiger partial charge on any atom is 0.248 e. The van der Waals surface area contributed by atoms with Crippen LogP contribution >= 0.6 is 0 Å². The molecule has 0 aromatic heterocycles. The number of Topliss-reactive ketones (excluding diaryl/α,β-unsaturated/α-hetero) is 1. The lowest BCUT2D eigenvalue weighted by Crippen LogP contribution is -2.63. The van der Waals surface area contributed by atoms with Gasteiger partial charge in [0.15, 0.2) is 5.78 Å². The molecule has 6 rings (SSSR count). The van der Waals surface area contributed by atoms with Crippen molar-refractivity contribution in [3.63, 3.8) is 0 Å². The molecule has 6 aliphatic rings. The molecule has 3 N–H and O–H groups in total. The van der Waals surface area contributed by atoms with Crippen molar-refractivity contribution in [2.45, 2.75) is 75.1 Å². The lowest BCUT2D eigenvalue weighted by Gasteiger charge is -2.59. The van der Waals surface area contributed by atoms with E-state index in [1.54, 1.807) is 4.90 Å². The normalized spacial score (nSPS) is 50.3. The molecular weight excluding hydrogens is 318 g/mol. The van der Waals surface area contributed by atoms with Crippen molar-refractivity contribution in [1.29, 1.82) is 5.26 Å². The van der Waals surface area contributed by atoms with Crippen LogP contribution in [0.25, 0.3) is 0 Å². The van der Waals surface area contributed by atoms with Crippen LogP contribution in [0.1, 0.15) is 51.4 Å². The van der Waals surface area contributed by atoms with E-state index >= 15 is 0 Å². The maximum atomic E-state index is 13.3. The number of nitrogens with two attached hydrogens (primary N) is 1. The number of likely N-dealkylation sites (tertiary alicyclic amines) is 1. The number of piperidine rings is 1. The van der Waals surface area contributed by atoms with Crippen molar-refractivity contribution in [1.82, 2.24) is 4.90 Å². The molecule has 1 amide bonds. The van der Waals surface area contributed by atoms with E-state index in [0.29, 0.717) is 30.6 Å². The van der Waals surface area contributed by atoms with Gasteiger partial charge in [-0.2, -0.15) is 5.26 Å². The number of hydrogen-bond donors (Lipinski definition) is 2. The molecule has 6 nitrogen and oxygen atoms in total. The zero-order chi connectivity index (χ0) is 17.6. The zero-order valence-corrected chi connectivity index (χ0v) is 14.4. The molecule has 6 heteroatoms. The Morgan fingerprint density at radius 1 is 1.16 bits per heavy atom. The summed E-state index contributed by atoms with van der Waals surface area (Å²) in [6, 6.07) is 0.677. The topological polar surface area (TPSA) is 107 Å². The molecule has 2 unspecified atom stereocenters. The third kappa shape index (κ3) is 2.15. The van der Waals surface area contributed by atoms with Crippen LogP contribution in [0.4, 0.5) is 0 Å². The molecule has 25 heavy (non-hydrogen) atoms. The second kappa shape index (κ2) is 4.83. The molecule has 5 aliphatic carbocycles. The number of fused-ring (bicyclic) bond motifs is 1. The number of nitrogens with zero attached hydrogens (tertiary/aromatic N) is 2. The minimum atomic E-state index is -1.19. The van der Waals surface area contributed by atoms with Crippen LogP contribution in [0.3, 0.4) is 0 Å². The average Bonchev–Trinajstić information content (AvgIpc) is 3.21. The number of aliphatic hydroxyl groups is 1. The van der Waals surface area contributed by atoms with Gasteiger partial charge in [-0.3, -0.25) is 9.59 Å². The van der Waals surface area contributed by atoms with Crippen LogP contribution in [0.15, 0.2) is 0 Å². The predicted molar refractivity (Wildman–Crippen MR) is 87.8 cm³/mol. The van der Waals surface area contributed by atoms with Crippen LogP contribution in [0.2, 0.25) is 0 Å². The number of carbonyl (C=O) groups excluding carboxylic acids is 2. The van der Waals surface area contributed by atoms with Gasteiger partial charge >= 0.3 is 0 Å². The molecule has 0 spiro atoms. The largest absolute Gasteiger partial charge is 0.390 e. The number of amides is 1. The number of carbonyl (C=O) groups is 2. The Morgan fingerprint density at radius 2 is 1.84 bits per heavy atom. The van der Waals surface area contributed by atoms with Gasteiger partial charge in [0.1, 0.15) is 12.1 Å². The third-order valence-corrected chi connectivity index (χ3v) is 7.61. The summed E-state index contributed by atoms with van der Waals surface area (Å²) in [5.74, 6) is 0.610. The summed E-state index contributed by atoms with van der Waals surface area (Å²) in [5.41, 5.74) is 4.80. The van der Waals surface area contributed by atoms with E-state index in [1.807, 2.05) is 0 Å². The van der Waals surface area contributed by atoms with E-state index in [4.69, 9.17) is 5.73 Å². The summed E-state index contributed by atoms with van der Waals surface area (Å²) in [6.07, 6.45) is 6.29. The molecule has 5 saturated carbocycles. The predicted octanol–water partition coefficient (Wildman–Crippen LogP) is 0.727. The van der Waals surface area contributed by atoms with Crippen LogP contribution in [-0.4, -0.2) is 45.4 Å². The van der Waals surface area contributed by atoms with Crippen molar-refractivity contribution in [3.8, 4) is 6.07 Å². The summed E-state index contributed by atoms with van der Waals surface area (Å²) in [5, 5.41) is 20.2. The molecule has 1 aliphatic heterocycles. The summed E-state index contributed by atoms with van der Waals surface area (Å²) >= 11 is 0. The SMILES string of the molecule is N#C[C@@H]1C[C@@H]2C[C@@H]2N1C(=O)[C@@H](N)C(=O)C12CC3CC(CC(O)(C3)C1)C2. The third-order valence-electron chi connectivity index (χ3n) is 7.61. The maximum absolute atomic E-state index is 13.3. The van der Waals surface area contributed by atoms with Crippen molar-refractivity contribution < 1.29 is 14.7 Å². The first-order chi connectivity index (χ1) is 11.8. The number of nitriles is 1. The minimum Gasteiger partial charge on any atom is -0.390 e. The van der Waals surface area contributed by atoms with Crippen LogP contribution in [-0.2, 0) is 9.59 Å². The van der Waals surface area contributed by atoms with Gasteiger partial charge in [0.2, 0.25) is 5.91 Å². The highest BCUT2D eigenvalue weighted by Crippen LogP contribution is 2.62. The summed E-state index contributed by atoms with van der Waals surface area (Å²) in [6.45, 7) is 0. The van der Waals surface area contributed by atoms with E-state index in [0.717, 1.165) is 38.5 Å². The van der Waals surface area contributed by atoms with Gasteiger partial charge in [-0.15, -0.1) is 0 Å². The Morgan fingerprint density at radius 3 is 2.44 bits per heavy atom. The molecule has 0 aromatic rings. The van der Waals surface area contributed by atoms with Crippen LogP contribution < -0.4 is 5.73 Å². The lowest BCUT2D eigenvalue weighted by atomic mass is 9.46. The summed E-state index contributed by atoms with van der Waals surface area (Å²) in [4.78, 5) is 27.8. The highest BCUT2D eigenvalue weighted by molar-refractivity contribution is 6.08. The first kappa shape index (κ1) is 15.8. The van der Waals surface area contributed by atoms with E-state index < -0.39 is 23.1 Å². The zero-order valence-electron chi connectivity index (χ0n) is 14.4. The van der Waals surface area contributed by atoms with Gasteiger partial charge in [-0.05, 0) is 69.1 Å². The minimum absolute atomic E-state index is 0.108. The van der Waals surface area contributed by atoms with Crippen LogP contribution in [0.5, 0.6) is 0 Å². The van der Waals surface area contributed by atoms with E-state index in [1.165, 1.54) is 0 Å². The Kier molecular flexibility index (Phi) is 3.05. The van der Waals surface area contributed by atoms with Gasteiger partial charge in [-0.1, -0.05) is 0 Å². The molecule has 4 bridgehead atoms. The van der Waals surface area contributed by atoms with E-state index in [9.17, 15) is 20.0 Å². The van der Waals surface area contributed by atoms with Gasteiger partial charge in [0.05, 0.1) is 11.7 Å². The lowest BCUT2D eigenvalue weighted by molar-refractivity contribution is -0.178. The smallest absolute Gasteiger partial charge is 0.248 e. The second-order valence-electron chi connectivity index (χ2n) is 9.50. The summed E-state index contributed by atoms with van der Waals surface area (Å²) in [7, 11) is 0. The van der Waals surface area contributed by atoms with E-state index in [2.05, 4.69) is 6.07 Å². The molecule has 0 aromatic carbocycles. The van der Waals surface area contributed by atoms with Crippen molar-refractivity contribution in [3.05, 3.63) is 0 Å². The Labute approximate surface area is 147 Å². The molecule has 1 saturated heterocycles.